The molecule has 1 aromatic carbocycles. The predicted molar refractivity (Wildman–Crippen MR) is 91.6 cm³/mol. The molecule has 0 saturated carbocycles. The Balaban J connectivity index is 1.99. The largest absolute Gasteiger partial charge is 0.444 e. The highest BCUT2D eigenvalue weighted by Gasteiger charge is 2.32. The van der Waals surface area contributed by atoms with E-state index in [-0.39, 0.29) is 23.9 Å². The summed E-state index contributed by atoms with van der Waals surface area (Å²) in [6.45, 7) is 8.66. The first-order chi connectivity index (χ1) is 11.7. The second-order valence-corrected chi connectivity index (χ2v) is 7.31. The number of morpholine rings is 1. The van der Waals surface area contributed by atoms with Crippen molar-refractivity contribution in [2.75, 3.05) is 25.1 Å². The number of benzene rings is 1. The SMILES string of the molecule is CC(CC1COCCN1C(=O)OC(C)(C)C)Nc1ccc(F)cc1F. The second kappa shape index (κ2) is 7.99. The molecule has 2 unspecified atom stereocenters. The zero-order chi connectivity index (χ0) is 18.6. The lowest BCUT2D eigenvalue weighted by Crippen LogP contribution is -2.51. The van der Waals surface area contributed by atoms with Crippen LogP contribution < -0.4 is 5.32 Å². The zero-order valence-electron chi connectivity index (χ0n) is 15.1. The molecular formula is C18H26F2N2O3. The Labute approximate surface area is 147 Å². The number of carbonyl (C=O) groups is 1. The summed E-state index contributed by atoms with van der Waals surface area (Å²) >= 11 is 0. The predicted octanol–water partition coefficient (Wildman–Crippen LogP) is 3.79. The van der Waals surface area contributed by atoms with Crippen LogP contribution in [-0.2, 0) is 9.47 Å². The van der Waals surface area contributed by atoms with Gasteiger partial charge in [-0.1, -0.05) is 0 Å². The Morgan fingerprint density at radius 3 is 2.80 bits per heavy atom. The third kappa shape index (κ3) is 5.85. The smallest absolute Gasteiger partial charge is 0.410 e. The van der Waals surface area contributed by atoms with Crippen LogP contribution >= 0.6 is 0 Å². The van der Waals surface area contributed by atoms with Crippen LogP contribution in [0.2, 0.25) is 0 Å². The van der Waals surface area contributed by atoms with Gasteiger partial charge in [0.1, 0.15) is 17.2 Å². The molecule has 0 spiro atoms. The Kier molecular flexibility index (Phi) is 6.21. The number of amides is 1. The Hall–Kier alpha value is -1.89. The highest BCUT2D eigenvalue weighted by atomic mass is 19.1. The van der Waals surface area contributed by atoms with E-state index >= 15 is 0 Å². The maximum atomic E-state index is 13.8. The molecule has 7 heteroatoms. The summed E-state index contributed by atoms with van der Waals surface area (Å²) in [4.78, 5) is 14.0. The molecule has 2 rings (SSSR count). The van der Waals surface area contributed by atoms with Crippen molar-refractivity contribution in [1.29, 1.82) is 0 Å². The molecule has 1 amide bonds. The maximum absolute atomic E-state index is 13.8. The quantitative estimate of drug-likeness (QED) is 0.892. The van der Waals surface area contributed by atoms with E-state index in [4.69, 9.17) is 9.47 Å². The van der Waals surface area contributed by atoms with E-state index in [1.165, 1.54) is 12.1 Å². The van der Waals surface area contributed by atoms with Crippen molar-refractivity contribution in [3.8, 4) is 0 Å². The number of hydrogen-bond donors (Lipinski definition) is 1. The first kappa shape index (κ1) is 19.4. The Morgan fingerprint density at radius 2 is 2.16 bits per heavy atom. The molecule has 1 fully saturated rings. The summed E-state index contributed by atoms with van der Waals surface area (Å²) in [6, 6.07) is 3.09. The summed E-state index contributed by atoms with van der Waals surface area (Å²) in [5.74, 6) is -1.26. The molecule has 5 nitrogen and oxygen atoms in total. The normalized spacial score (nSPS) is 19.4. The van der Waals surface area contributed by atoms with Gasteiger partial charge in [0.05, 0.1) is 24.9 Å². The van der Waals surface area contributed by atoms with Gasteiger partial charge in [0.25, 0.3) is 0 Å². The van der Waals surface area contributed by atoms with E-state index in [1.54, 1.807) is 4.90 Å². The van der Waals surface area contributed by atoms with Crippen molar-refractivity contribution in [2.24, 2.45) is 0 Å². The molecule has 1 aliphatic rings. The van der Waals surface area contributed by atoms with Crippen LogP contribution in [0, 0.1) is 11.6 Å². The number of nitrogens with zero attached hydrogens (tertiary/aromatic N) is 1. The van der Waals surface area contributed by atoms with Gasteiger partial charge in [0, 0.05) is 18.7 Å². The van der Waals surface area contributed by atoms with E-state index in [0.29, 0.717) is 26.2 Å². The number of hydrogen-bond acceptors (Lipinski definition) is 4. The Morgan fingerprint density at radius 1 is 1.44 bits per heavy atom. The average molecular weight is 356 g/mol. The molecule has 1 aliphatic heterocycles. The number of anilines is 1. The van der Waals surface area contributed by atoms with Crippen LogP contribution in [0.4, 0.5) is 19.3 Å². The summed E-state index contributed by atoms with van der Waals surface area (Å²) in [5.41, 5.74) is -0.337. The van der Waals surface area contributed by atoms with Gasteiger partial charge in [-0.2, -0.15) is 0 Å². The van der Waals surface area contributed by atoms with Crippen LogP contribution in [-0.4, -0.2) is 48.4 Å². The fourth-order valence-electron chi connectivity index (χ4n) is 2.75. The van der Waals surface area contributed by atoms with Crippen LogP contribution in [0.25, 0.3) is 0 Å². The van der Waals surface area contributed by atoms with Gasteiger partial charge in [-0.05, 0) is 46.2 Å². The molecule has 2 atom stereocenters. The first-order valence-corrected chi connectivity index (χ1v) is 8.44. The average Bonchev–Trinajstić information content (AvgIpc) is 2.49. The van der Waals surface area contributed by atoms with Gasteiger partial charge in [-0.3, -0.25) is 0 Å². The van der Waals surface area contributed by atoms with E-state index in [2.05, 4.69) is 5.32 Å². The van der Waals surface area contributed by atoms with E-state index < -0.39 is 17.2 Å². The molecule has 1 N–H and O–H groups in total. The lowest BCUT2D eigenvalue weighted by molar-refractivity contribution is -0.0345. The topological polar surface area (TPSA) is 50.8 Å². The van der Waals surface area contributed by atoms with Gasteiger partial charge < -0.3 is 19.7 Å². The zero-order valence-corrected chi connectivity index (χ0v) is 15.1. The highest BCUT2D eigenvalue weighted by Crippen LogP contribution is 2.21. The third-order valence-electron chi connectivity index (χ3n) is 3.81. The summed E-state index contributed by atoms with van der Waals surface area (Å²) in [5, 5.41) is 3.02. The van der Waals surface area contributed by atoms with E-state index in [9.17, 15) is 13.6 Å². The number of nitrogens with one attached hydrogen (secondary N) is 1. The van der Waals surface area contributed by atoms with Gasteiger partial charge in [0.15, 0.2) is 0 Å². The van der Waals surface area contributed by atoms with Crippen LogP contribution in [0.5, 0.6) is 0 Å². The van der Waals surface area contributed by atoms with E-state index in [1.807, 2.05) is 27.7 Å². The second-order valence-electron chi connectivity index (χ2n) is 7.31. The van der Waals surface area contributed by atoms with Crippen molar-refractivity contribution in [2.45, 2.75) is 51.8 Å². The molecular weight excluding hydrogens is 330 g/mol. The minimum absolute atomic E-state index is 0.142. The van der Waals surface area contributed by atoms with Crippen LogP contribution in [0.15, 0.2) is 18.2 Å². The lowest BCUT2D eigenvalue weighted by atomic mass is 10.1. The molecule has 1 aromatic rings. The van der Waals surface area contributed by atoms with Gasteiger partial charge in [-0.25, -0.2) is 13.6 Å². The number of carbonyl (C=O) groups excluding carboxylic acids is 1. The van der Waals surface area contributed by atoms with Gasteiger partial charge >= 0.3 is 6.09 Å². The molecule has 1 saturated heterocycles. The van der Waals surface area contributed by atoms with Crippen molar-refractivity contribution >= 4 is 11.8 Å². The minimum atomic E-state index is -0.643. The fraction of sp³-hybridized carbons (Fsp3) is 0.611. The lowest BCUT2D eigenvalue weighted by Gasteiger charge is -2.37. The molecule has 25 heavy (non-hydrogen) atoms. The molecule has 0 aromatic heterocycles. The van der Waals surface area contributed by atoms with Gasteiger partial charge in [-0.15, -0.1) is 0 Å². The molecule has 140 valence electrons. The highest BCUT2D eigenvalue weighted by molar-refractivity contribution is 5.68. The summed E-state index contributed by atoms with van der Waals surface area (Å²) < 4.78 is 37.7. The summed E-state index contributed by atoms with van der Waals surface area (Å²) in [7, 11) is 0. The minimum Gasteiger partial charge on any atom is -0.444 e. The van der Waals surface area contributed by atoms with Crippen molar-refractivity contribution in [1.82, 2.24) is 4.90 Å². The monoisotopic (exact) mass is 356 g/mol. The first-order valence-electron chi connectivity index (χ1n) is 8.44. The van der Waals surface area contributed by atoms with Crippen LogP contribution in [0.1, 0.15) is 34.1 Å². The third-order valence-corrected chi connectivity index (χ3v) is 3.81. The van der Waals surface area contributed by atoms with Crippen molar-refractivity contribution in [3.05, 3.63) is 29.8 Å². The van der Waals surface area contributed by atoms with Crippen LogP contribution in [0.3, 0.4) is 0 Å². The number of rotatable bonds is 4. The molecule has 1 heterocycles. The van der Waals surface area contributed by atoms with Crippen molar-refractivity contribution in [3.63, 3.8) is 0 Å². The maximum Gasteiger partial charge on any atom is 0.410 e. The number of ether oxygens (including phenoxy) is 2. The molecule has 0 radical (unpaired) electrons. The van der Waals surface area contributed by atoms with Gasteiger partial charge in [0.2, 0.25) is 0 Å². The number of halogens is 2. The Bertz CT molecular complexity index is 604. The van der Waals surface area contributed by atoms with E-state index in [0.717, 1.165) is 6.07 Å². The molecule has 0 bridgehead atoms. The standard InChI is InChI=1S/C18H26F2N2O3/c1-12(21-16-6-5-13(19)10-15(16)20)9-14-11-24-8-7-22(14)17(23)25-18(2,3)4/h5-6,10,12,14,21H,7-9,11H2,1-4H3. The fourth-order valence-corrected chi connectivity index (χ4v) is 2.75. The summed E-state index contributed by atoms with van der Waals surface area (Å²) in [6.07, 6.45) is 0.178. The molecule has 0 aliphatic carbocycles. The van der Waals surface area contributed by atoms with Crippen molar-refractivity contribution < 1.29 is 23.0 Å².